The van der Waals surface area contributed by atoms with Gasteiger partial charge in [0, 0.05) is 16.5 Å². The van der Waals surface area contributed by atoms with E-state index in [1.54, 1.807) is 7.11 Å². The largest absolute Gasteiger partial charge is 0.497 e. The van der Waals surface area contributed by atoms with Crippen molar-refractivity contribution >= 4 is 21.6 Å². The van der Waals surface area contributed by atoms with Crippen molar-refractivity contribution in [2.75, 3.05) is 7.11 Å². The average molecular weight is 281 g/mol. The highest BCUT2D eigenvalue weighted by Crippen LogP contribution is 2.41. The lowest BCUT2D eigenvalue weighted by atomic mass is 10.0. The average Bonchev–Trinajstić information content (AvgIpc) is 3.07. The standard InChI is InChI=1S/C17H15NOS/c1-19-12-7-5-11(6-8-12)13-9-10-18-17-16(13)14-3-2-4-15(14)20-17/h5-10H,2-4H2,1H3. The Morgan fingerprint density at radius 2 is 1.95 bits per heavy atom. The molecule has 4 rings (SSSR count). The van der Waals surface area contributed by atoms with Crippen molar-refractivity contribution < 1.29 is 4.74 Å². The number of hydrogen-bond acceptors (Lipinski definition) is 3. The Morgan fingerprint density at radius 1 is 1.10 bits per heavy atom. The third-order valence-electron chi connectivity index (χ3n) is 4.01. The predicted octanol–water partition coefficient (Wildman–Crippen LogP) is 4.46. The minimum Gasteiger partial charge on any atom is -0.497 e. The first-order valence-electron chi connectivity index (χ1n) is 6.90. The maximum absolute atomic E-state index is 5.24. The summed E-state index contributed by atoms with van der Waals surface area (Å²) in [7, 11) is 1.70. The van der Waals surface area contributed by atoms with Crippen molar-refractivity contribution in [3.8, 4) is 16.9 Å². The van der Waals surface area contributed by atoms with Crippen molar-refractivity contribution in [3.05, 3.63) is 47.0 Å². The van der Waals surface area contributed by atoms with Crippen LogP contribution in [0.1, 0.15) is 16.9 Å². The Hall–Kier alpha value is -1.87. The fourth-order valence-corrected chi connectivity index (χ4v) is 4.29. The lowest BCUT2D eigenvalue weighted by molar-refractivity contribution is 0.415. The summed E-state index contributed by atoms with van der Waals surface area (Å²) in [6.07, 6.45) is 5.63. The monoisotopic (exact) mass is 281 g/mol. The number of benzene rings is 1. The second-order valence-electron chi connectivity index (χ2n) is 5.12. The third-order valence-corrected chi connectivity index (χ3v) is 5.21. The summed E-state index contributed by atoms with van der Waals surface area (Å²) in [6, 6.07) is 10.4. The molecule has 0 spiro atoms. The van der Waals surface area contributed by atoms with Crippen molar-refractivity contribution in [1.82, 2.24) is 4.98 Å². The van der Waals surface area contributed by atoms with Gasteiger partial charge in [0.05, 0.1) is 7.11 Å². The Labute approximate surface area is 122 Å². The summed E-state index contributed by atoms with van der Waals surface area (Å²) in [6.45, 7) is 0. The number of pyridine rings is 1. The van der Waals surface area contributed by atoms with Gasteiger partial charge in [-0.15, -0.1) is 11.3 Å². The minimum atomic E-state index is 0.898. The number of rotatable bonds is 2. The molecule has 2 nitrogen and oxygen atoms in total. The van der Waals surface area contributed by atoms with Gasteiger partial charge in [0.1, 0.15) is 10.6 Å². The van der Waals surface area contributed by atoms with Gasteiger partial charge in [-0.05, 0) is 54.2 Å². The van der Waals surface area contributed by atoms with E-state index in [9.17, 15) is 0 Å². The molecule has 2 heterocycles. The van der Waals surface area contributed by atoms with Gasteiger partial charge in [0.25, 0.3) is 0 Å². The first kappa shape index (κ1) is 11.9. The summed E-state index contributed by atoms with van der Waals surface area (Å²) in [5.41, 5.74) is 4.08. The van der Waals surface area contributed by atoms with Gasteiger partial charge in [0.15, 0.2) is 0 Å². The van der Waals surface area contributed by atoms with Crippen LogP contribution >= 0.6 is 11.3 Å². The van der Waals surface area contributed by atoms with Crippen molar-refractivity contribution in [2.24, 2.45) is 0 Å². The molecule has 0 N–H and O–H groups in total. The van der Waals surface area contributed by atoms with E-state index in [2.05, 4.69) is 23.2 Å². The zero-order chi connectivity index (χ0) is 13.5. The van der Waals surface area contributed by atoms with Crippen LogP contribution in [0.25, 0.3) is 21.3 Å². The fourth-order valence-electron chi connectivity index (χ4n) is 3.03. The molecule has 1 aliphatic rings. The zero-order valence-electron chi connectivity index (χ0n) is 11.3. The van der Waals surface area contributed by atoms with E-state index in [1.165, 1.54) is 51.0 Å². The lowest BCUT2D eigenvalue weighted by Crippen LogP contribution is -1.86. The number of thiophene rings is 1. The Morgan fingerprint density at radius 3 is 2.75 bits per heavy atom. The fraction of sp³-hybridized carbons (Fsp3) is 0.235. The second kappa shape index (κ2) is 4.60. The maximum Gasteiger partial charge on any atom is 0.124 e. The van der Waals surface area contributed by atoms with Crippen LogP contribution in [-0.2, 0) is 12.8 Å². The smallest absolute Gasteiger partial charge is 0.124 e. The molecule has 100 valence electrons. The molecule has 0 aliphatic heterocycles. The summed E-state index contributed by atoms with van der Waals surface area (Å²) >= 11 is 1.87. The highest BCUT2D eigenvalue weighted by Gasteiger charge is 2.20. The van der Waals surface area contributed by atoms with E-state index in [0.717, 1.165) is 5.75 Å². The quantitative estimate of drug-likeness (QED) is 0.692. The molecule has 0 amide bonds. The second-order valence-corrected chi connectivity index (χ2v) is 6.21. The molecule has 0 radical (unpaired) electrons. The molecule has 0 bridgehead atoms. The van der Waals surface area contributed by atoms with Crippen LogP contribution in [0.2, 0.25) is 0 Å². The molecular weight excluding hydrogens is 266 g/mol. The van der Waals surface area contributed by atoms with Gasteiger partial charge in [0.2, 0.25) is 0 Å². The van der Waals surface area contributed by atoms with Crippen molar-refractivity contribution in [2.45, 2.75) is 19.3 Å². The predicted molar refractivity (Wildman–Crippen MR) is 83.6 cm³/mol. The zero-order valence-corrected chi connectivity index (χ0v) is 12.2. The third kappa shape index (κ3) is 1.74. The van der Waals surface area contributed by atoms with Crippen LogP contribution in [0.4, 0.5) is 0 Å². The molecule has 3 aromatic rings. The van der Waals surface area contributed by atoms with Crippen LogP contribution < -0.4 is 4.74 Å². The van der Waals surface area contributed by atoms with Gasteiger partial charge in [-0.25, -0.2) is 4.98 Å². The first-order chi connectivity index (χ1) is 9.86. The minimum absolute atomic E-state index is 0.898. The Bertz CT molecular complexity index is 774. The normalized spacial score (nSPS) is 13.7. The number of methoxy groups -OCH3 is 1. The molecule has 0 atom stereocenters. The summed E-state index contributed by atoms with van der Waals surface area (Å²) in [4.78, 5) is 7.28. The van der Waals surface area contributed by atoms with Crippen LogP contribution in [0.3, 0.4) is 0 Å². The topological polar surface area (TPSA) is 22.1 Å². The van der Waals surface area contributed by atoms with Crippen LogP contribution in [-0.4, -0.2) is 12.1 Å². The highest BCUT2D eigenvalue weighted by molar-refractivity contribution is 7.19. The van der Waals surface area contributed by atoms with E-state index in [1.807, 2.05) is 29.7 Å². The Kier molecular flexibility index (Phi) is 2.74. The van der Waals surface area contributed by atoms with Gasteiger partial charge >= 0.3 is 0 Å². The van der Waals surface area contributed by atoms with Crippen LogP contribution in [0.5, 0.6) is 5.75 Å². The molecule has 2 aromatic heterocycles. The molecular formula is C17H15NOS. The van der Waals surface area contributed by atoms with Gasteiger partial charge in [-0.2, -0.15) is 0 Å². The van der Waals surface area contributed by atoms with Gasteiger partial charge in [-0.3, -0.25) is 0 Å². The SMILES string of the molecule is COc1ccc(-c2ccnc3sc4c(c23)CCC4)cc1. The van der Waals surface area contributed by atoms with Crippen molar-refractivity contribution in [1.29, 1.82) is 0 Å². The number of ether oxygens (including phenoxy) is 1. The molecule has 0 saturated carbocycles. The number of hydrogen-bond donors (Lipinski definition) is 0. The molecule has 0 unspecified atom stereocenters. The van der Waals surface area contributed by atoms with E-state index in [4.69, 9.17) is 4.74 Å². The first-order valence-corrected chi connectivity index (χ1v) is 7.72. The van der Waals surface area contributed by atoms with Gasteiger partial charge in [-0.1, -0.05) is 12.1 Å². The Balaban J connectivity index is 1.94. The lowest BCUT2D eigenvalue weighted by Gasteiger charge is -2.06. The van der Waals surface area contributed by atoms with E-state index in [-0.39, 0.29) is 0 Å². The van der Waals surface area contributed by atoms with Gasteiger partial charge < -0.3 is 4.74 Å². The van der Waals surface area contributed by atoms with Crippen molar-refractivity contribution in [3.63, 3.8) is 0 Å². The van der Waals surface area contributed by atoms with E-state index < -0.39 is 0 Å². The molecule has 1 aliphatic carbocycles. The van der Waals surface area contributed by atoms with Crippen LogP contribution in [0.15, 0.2) is 36.5 Å². The molecule has 20 heavy (non-hydrogen) atoms. The summed E-state index contributed by atoms with van der Waals surface area (Å²) in [5, 5.41) is 1.37. The molecule has 0 saturated heterocycles. The summed E-state index contributed by atoms with van der Waals surface area (Å²) < 4.78 is 5.24. The molecule has 0 fully saturated rings. The highest BCUT2D eigenvalue weighted by atomic mass is 32.1. The molecule has 1 aromatic carbocycles. The number of nitrogens with zero attached hydrogens (tertiary/aromatic N) is 1. The number of fused-ring (bicyclic) bond motifs is 3. The summed E-state index contributed by atoms with van der Waals surface area (Å²) in [5.74, 6) is 0.898. The molecule has 3 heteroatoms. The maximum atomic E-state index is 5.24. The van der Waals surface area contributed by atoms with E-state index in [0.29, 0.717) is 0 Å². The van der Waals surface area contributed by atoms with Crippen LogP contribution in [0, 0.1) is 0 Å². The van der Waals surface area contributed by atoms with E-state index >= 15 is 0 Å². The number of aryl methyl sites for hydroxylation is 2. The number of aromatic nitrogens is 1.